The summed E-state index contributed by atoms with van der Waals surface area (Å²) in [6, 6.07) is 11.0. The van der Waals surface area contributed by atoms with E-state index in [-0.39, 0.29) is 0 Å². The van der Waals surface area contributed by atoms with Gasteiger partial charge in [-0.3, -0.25) is 14.9 Å². The standard InChI is InChI=1S/C35H45N11OS/c1-6-23-21-28(30(47-4)22-29(23)46-15-10-24(11-16-46)45-19-17-43(2)18-20-45)40-35-41-33-25(9-12-38-33)34(42-35)39-27-8-7-26-31(37-14-13-36-26)32(27)44(3)48-5/h7-9,12-14,21-22,24H,6,10-11,15-20H2,1-5H3,(H3,38,39,40,41,42). The van der Waals surface area contributed by atoms with Gasteiger partial charge in [0, 0.05) is 89.0 Å². The van der Waals surface area contributed by atoms with Gasteiger partial charge in [-0.25, -0.2) is 0 Å². The zero-order valence-corrected chi connectivity index (χ0v) is 29.3. The lowest BCUT2D eigenvalue weighted by Gasteiger charge is -2.43. The molecule has 12 nitrogen and oxygen atoms in total. The Bertz CT molecular complexity index is 1880. The average Bonchev–Trinajstić information content (AvgIpc) is 3.60. The predicted octanol–water partition coefficient (Wildman–Crippen LogP) is 5.89. The van der Waals surface area contributed by atoms with Crippen molar-refractivity contribution < 1.29 is 4.74 Å². The van der Waals surface area contributed by atoms with Gasteiger partial charge >= 0.3 is 0 Å². The molecule has 3 aromatic heterocycles. The van der Waals surface area contributed by atoms with E-state index < -0.39 is 0 Å². The number of aromatic nitrogens is 5. The largest absolute Gasteiger partial charge is 0.494 e. The fourth-order valence-corrected chi connectivity index (χ4v) is 7.36. The maximum Gasteiger partial charge on any atom is 0.231 e. The molecule has 0 unspecified atom stereocenters. The van der Waals surface area contributed by atoms with Crippen molar-refractivity contribution >= 4 is 68.5 Å². The molecule has 2 aromatic carbocycles. The van der Waals surface area contributed by atoms with Gasteiger partial charge in [-0.05, 0) is 56.1 Å². The number of rotatable bonds is 10. The topological polar surface area (TPSA) is 114 Å². The van der Waals surface area contributed by atoms with Crippen LogP contribution in [-0.2, 0) is 6.42 Å². The Kier molecular flexibility index (Phi) is 9.42. The van der Waals surface area contributed by atoms with Gasteiger partial charge in [-0.1, -0.05) is 18.9 Å². The summed E-state index contributed by atoms with van der Waals surface area (Å²) in [5.41, 5.74) is 7.55. The van der Waals surface area contributed by atoms with Crippen LogP contribution in [0.2, 0.25) is 0 Å². The van der Waals surface area contributed by atoms with Crippen molar-refractivity contribution in [1.29, 1.82) is 0 Å². The summed E-state index contributed by atoms with van der Waals surface area (Å²) < 4.78 is 8.05. The van der Waals surface area contributed by atoms with Crippen molar-refractivity contribution in [2.45, 2.75) is 32.2 Å². The van der Waals surface area contributed by atoms with Crippen molar-refractivity contribution in [2.24, 2.45) is 0 Å². The van der Waals surface area contributed by atoms with Gasteiger partial charge < -0.3 is 34.5 Å². The van der Waals surface area contributed by atoms with Crippen LogP contribution in [0.15, 0.2) is 48.9 Å². The molecule has 2 aliphatic heterocycles. The first-order valence-electron chi connectivity index (χ1n) is 16.7. The van der Waals surface area contributed by atoms with E-state index in [1.165, 1.54) is 50.3 Å². The number of ether oxygens (including phenoxy) is 1. The molecular formula is C35H45N11OS. The third-order valence-corrected chi connectivity index (χ3v) is 10.5. The lowest BCUT2D eigenvalue weighted by Crippen LogP contribution is -2.52. The molecular weight excluding hydrogens is 623 g/mol. The molecule has 2 saturated heterocycles. The molecule has 0 radical (unpaired) electrons. The summed E-state index contributed by atoms with van der Waals surface area (Å²) >= 11 is 1.61. The quantitative estimate of drug-likeness (QED) is 0.154. The van der Waals surface area contributed by atoms with E-state index in [1.54, 1.807) is 31.5 Å². The van der Waals surface area contributed by atoms with Crippen LogP contribution in [-0.4, -0.2) is 107 Å². The zero-order chi connectivity index (χ0) is 33.2. The van der Waals surface area contributed by atoms with Crippen molar-refractivity contribution in [3.8, 4) is 5.75 Å². The molecule has 5 aromatic rings. The molecule has 13 heteroatoms. The summed E-state index contributed by atoms with van der Waals surface area (Å²) in [5.74, 6) is 1.91. The lowest BCUT2D eigenvalue weighted by atomic mass is 9.99. The fourth-order valence-electron chi connectivity index (χ4n) is 6.99. The summed E-state index contributed by atoms with van der Waals surface area (Å²) in [4.78, 5) is 29.9. The first-order chi connectivity index (χ1) is 23.4. The molecule has 2 aliphatic rings. The first-order valence-corrected chi connectivity index (χ1v) is 17.9. The third-order valence-electron chi connectivity index (χ3n) is 9.76. The molecule has 0 bridgehead atoms. The van der Waals surface area contributed by atoms with Crippen molar-refractivity contribution in [1.82, 2.24) is 34.7 Å². The third kappa shape index (κ3) is 6.41. The van der Waals surface area contributed by atoms with Gasteiger partial charge in [0.2, 0.25) is 5.95 Å². The number of fused-ring (bicyclic) bond motifs is 2. The Hall–Kier alpha value is -4.33. The van der Waals surface area contributed by atoms with E-state index in [1.807, 2.05) is 37.7 Å². The Morgan fingerprint density at radius 3 is 2.52 bits per heavy atom. The van der Waals surface area contributed by atoms with E-state index in [0.717, 1.165) is 64.4 Å². The highest BCUT2D eigenvalue weighted by atomic mass is 32.2. The second kappa shape index (κ2) is 14.0. The van der Waals surface area contributed by atoms with Crippen LogP contribution >= 0.6 is 11.9 Å². The molecule has 0 saturated carbocycles. The lowest BCUT2D eigenvalue weighted by molar-refractivity contribution is 0.0982. The molecule has 252 valence electrons. The number of benzene rings is 2. The number of anilines is 6. The SMILES string of the molecule is CCc1cc(Nc2nc(Nc3ccc4nccnc4c3N(C)SC)c3cc[nH]c3n2)c(OC)cc1N1CCC(N2CCN(C)CC2)CC1. The van der Waals surface area contributed by atoms with Crippen LogP contribution in [0.25, 0.3) is 22.1 Å². The fraction of sp³-hybridized carbons (Fsp3) is 0.429. The Morgan fingerprint density at radius 1 is 0.979 bits per heavy atom. The number of aromatic amines is 1. The minimum Gasteiger partial charge on any atom is -0.494 e. The van der Waals surface area contributed by atoms with E-state index in [2.05, 4.69) is 70.7 Å². The molecule has 2 fully saturated rings. The number of hydrogen-bond acceptors (Lipinski definition) is 12. The highest BCUT2D eigenvalue weighted by molar-refractivity contribution is 7.99. The predicted molar refractivity (Wildman–Crippen MR) is 199 cm³/mol. The number of nitrogens with zero attached hydrogens (tertiary/aromatic N) is 8. The minimum atomic E-state index is 0.467. The summed E-state index contributed by atoms with van der Waals surface area (Å²) in [7, 11) is 5.97. The van der Waals surface area contributed by atoms with Crippen molar-refractivity contribution in [2.75, 3.05) is 86.6 Å². The van der Waals surface area contributed by atoms with Gasteiger partial charge in [0.1, 0.15) is 22.7 Å². The van der Waals surface area contributed by atoms with E-state index in [9.17, 15) is 0 Å². The zero-order valence-electron chi connectivity index (χ0n) is 28.5. The summed E-state index contributed by atoms with van der Waals surface area (Å²) in [6.45, 7) is 9.00. The van der Waals surface area contributed by atoms with Crippen molar-refractivity contribution in [3.63, 3.8) is 0 Å². The Balaban J connectivity index is 1.16. The Labute approximate surface area is 286 Å². The smallest absolute Gasteiger partial charge is 0.231 e. The Morgan fingerprint density at radius 2 is 1.77 bits per heavy atom. The maximum atomic E-state index is 5.97. The van der Waals surface area contributed by atoms with Gasteiger partial charge in [0.15, 0.2) is 0 Å². The average molecular weight is 668 g/mol. The van der Waals surface area contributed by atoms with E-state index in [4.69, 9.17) is 14.7 Å². The van der Waals surface area contributed by atoms with Crippen LogP contribution in [0.1, 0.15) is 25.3 Å². The summed E-state index contributed by atoms with van der Waals surface area (Å²) in [6.07, 6.45) is 10.6. The van der Waals surface area contributed by atoms with Gasteiger partial charge in [0.05, 0.1) is 35.1 Å². The van der Waals surface area contributed by atoms with Crippen molar-refractivity contribution in [3.05, 3.63) is 54.5 Å². The highest BCUT2D eigenvalue weighted by Gasteiger charge is 2.28. The number of aryl methyl sites for hydroxylation is 1. The number of nitrogens with one attached hydrogen (secondary N) is 3. The number of piperazine rings is 1. The van der Waals surface area contributed by atoms with Crippen LogP contribution in [0.4, 0.5) is 34.5 Å². The highest BCUT2D eigenvalue weighted by Crippen LogP contribution is 2.39. The molecule has 0 aliphatic carbocycles. The normalized spacial score (nSPS) is 16.5. The van der Waals surface area contributed by atoms with Crippen LogP contribution in [0, 0.1) is 0 Å². The molecule has 3 N–H and O–H groups in total. The molecule has 7 rings (SSSR count). The van der Waals surface area contributed by atoms with E-state index >= 15 is 0 Å². The maximum absolute atomic E-state index is 5.97. The van der Waals surface area contributed by atoms with Gasteiger partial charge in [-0.15, -0.1) is 0 Å². The molecule has 5 heterocycles. The number of likely N-dealkylation sites (N-methyl/N-ethyl adjacent to an activating group) is 1. The number of piperidine rings is 1. The molecule has 0 spiro atoms. The van der Waals surface area contributed by atoms with Gasteiger partial charge in [-0.2, -0.15) is 9.97 Å². The van der Waals surface area contributed by atoms with Crippen LogP contribution < -0.4 is 24.6 Å². The molecule has 0 atom stereocenters. The number of methoxy groups -OCH3 is 1. The van der Waals surface area contributed by atoms with E-state index in [0.29, 0.717) is 17.8 Å². The van der Waals surface area contributed by atoms with Gasteiger partial charge in [0.25, 0.3) is 0 Å². The summed E-state index contributed by atoms with van der Waals surface area (Å²) in [5, 5.41) is 7.97. The van der Waals surface area contributed by atoms with Crippen LogP contribution in [0.3, 0.4) is 0 Å². The second-order valence-electron chi connectivity index (χ2n) is 12.5. The molecule has 0 amide bonds. The number of H-pyrrole nitrogens is 1. The monoisotopic (exact) mass is 667 g/mol. The van der Waals surface area contributed by atoms with Crippen LogP contribution in [0.5, 0.6) is 5.75 Å². The minimum absolute atomic E-state index is 0.467. The molecule has 48 heavy (non-hydrogen) atoms. The number of hydrogen-bond donors (Lipinski definition) is 3. The first kappa shape index (κ1) is 32.2. The second-order valence-corrected chi connectivity index (χ2v) is 13.5.